The quantitative estimate of drug-likeness (QED) is 0.634. The number of thioether (sulfide) groups is 1. The van der Waals surface area contributed by atoms with E-state index in [1.807, 2.05) is 41.3 Å². The zero-order valence-electron chi connectivity index (χ0n) is 18.0. The number of nitrogens with one attached hydrogen (secondary N) is 1. The number of hydrogen-bond donors (Lipinski definition) is 1. The van der Waals surface area contributed by atoms with Gasteiger partial charge in [-0.25, -0.2) is 0 Å². The van der Waals surface area contributed by atoms with Crippen molar-refractivity contribution in [1.29, 1.82) is 0 Å². The minimum absolute atomic E-state index is 0.0486. The first kappa shape index (κ1) is 21.9. The number of carbonyl (C=O) groups is 2. The van der Waals surface area contributed by atoms with Crippen molar-refractivity contribution in [2.45, 2.75) is 18.3 Å². The van der Waals surface area contributed by atoms with Gasteiger partial charge in [0.2, 0.25) is 5.91 Å². The molecule has 2 aliphatic rings. The standard InChI is InChI=1S/C23H30N4O3S/c1-25-11-13-26(14-12-25)10-3-9-24-22(29)18-5-7-19(8-6-18)23-27(21(28)17-31-23)16-20-4-2-15-30-20/h2,4-8,15,23H,3,9-14,16-17H2,1H3,(H,24,29). The lowest BCUT2D eigenvalue weighted by molar-refractivity contribution is -0.128. The summed E-state index contributed by atoms with van der Waals surface area (Å²) in [7, 11) is 2.16. The Hall–Kier alpha value is -2.29. The van der Waals surface area contributed by atoms with E-state index in [2.05, 4.69) is 22.2 Å². The number of rotatable bonds is 8. The maximum absolute atomic E-state index is 12.5. The van der Waals surface area contributed by atoms with Gasteiger partial charge in [0.1, 0.15) is 11.1 Å². The maximum Gasteiger partial charge on any atom is 0.251 e. The summed E-state index contributed by atoms with van der Waals surface area (Å²) in [5.41, 5.74) is 1.67. The van der Waals surface area contributed by atoms with Gasteiger partial charge in [0.05, 0.1) is 18.6 Å². The smallest absolute Gasteiger partial charge is 0.251 e. The summed E-state index contributed by atoms with van der Waals surface area (Å²) in [6.45, 7) is 6.58. The molecule has 1 aromatic carbocycles. The minimum atomic E-state index is -0.0571. The number of nitrogens with zero attached hydrogens (tertiary/aromatic N) is 3. The van der Waals surface area contributed by atoms with Crippen LogP contribution in [0.25, 0.3) is 0 Å². The topological polar surface area (TPSA) is 69.0 Å². The van der Waals surface area contributed by atoms with Crippen LogP contribution in [0.2, 0.25) is 0 Å². The van der Waals surface area contributed by atoms with Gasteiger partial charge in [0.25, 0.3) is 5.91 Å². The molecule has 8 heteroatoms. The van der Waals surface area contributed by atoms with Gasteiger partial charge in [0, 0.05) is 38.3 Å². The van der Waals surface area contributed by atoms with E-state index < -0.39 is 0 Å². The molecule has 0 bridgehead atoms. The third kappa shape index (κ3) is 5.70. The molecular weight excluding hydrogens is 412 g/mol. The zero-order valence-corrected chi connectivity index (χ0v) is 18.8. The molecule has 7 nitrogen and oxygen atoms in total. The van der Waals surface area contributed by atoms with Gasteiger partial charge in [-0.05, 0) is 49.8 Å². The highest BCUT2D eigenvalue weighted by atomic mass is 32.2. The monoisotopic (exact) mass is 442 g/mol. The normalized spacial score (nSPS) is 20.4. The Bertz CT molecular complexity index is 863. The summed E-state index contributed by atoms with van der Waals surface area (Å²) in [6.07, 6.45) is 2.58. The predicted octanol–water partition coefficient (Wildman–Crippen LogP) is 2.42. The van der Waals surface area contributed by atoms with E-state index in [-0.39, 0.29) is 17.2 Å². The summed E-state index contributed by atoms with van der Waals surface area (Å²) < 4.78 is 5.41. The molecule has 1 N–H and O–H groups in total. The summed E-state index contributed by atoms with van der Waals surface area (Å²) in [4.78, 5) is 31.4. The summed E-state index contributed by atoms with van der Waals surface area (Å²) in [5, 5.41) is 2.97. The van der Waals surface area contributed by atoms with Gasteiger partial charge in [-0.1, -0.05) is 12.1 Å². The number of benzene rings is 1. The van der Waals surface area contributed by atoms with Crippen LogP contribution in [-0.2, 0) is 11.3 Å². The number of hydrogen-bond acceptors (Lipinski definition) is 6. The lowest BCUT2D eigenvalue weighted by atomic mass is 10.1. The largest absolute Gasteiger partial charge is 0.467 e. The zero-order chi connectivity index (χ0) is 21.6. The molecule has 1 atom stereocenters. The molecule has 0 aliphatic carbocycles. The van der Waals surface area contributed by atoms with Crippen LogP contribution < -0.4 is 5.32 Å². The fourth-order valence-electron chi connectivity index (χ4n) is 3.95. The van der Waals surface area contributed by atoms with E-state index in [9.17, 15) is 9.59 Å². The van der Waals surface area contributed by atoms with E-state index in [1.165, 1.54) is 0 Å². The Morgan fingerprint density at radius 1 is 1.16 bits per heavy atom. The number of furan rings is 1. The Kier molecular flexibility index (Phi) is 7.32. The molecule has 2 amide bonds. The van der Waals surface area contributed by atoms with E-state index in [1.54, 1.807) is 18.0 Å². The van der Waals surface area contributed by atoms with Gasteiger partial charge in [-0.15, -0.1) is 11.8 Å². The average Bonchev–Trinajstić information content (AvgIpc) is 3.43. The molecule has 2 aliphatic heterocycles. The number of amides is 2. The molecular formula is C23H30N4O3S. The van der Waals surface area contributed by atoms with Crippen LogP contribution >= 0.6 is 11.8 Å². The Balaban J connectivity index is 1.26. The van der Waals surface area contributed by atoms with E-state index in [4.69, 9.17) is 4.42 Å². The highest BCUT2D eigenvalue weighted by molar-refractivity contribution is 8.00. The van der Waals surface area contributed by atoms with Gasteiger partial charge in [-0.2, -0.15) is 0 Å². The summed E-state index contributed by atoms with van der Waals surface area (Å²) in [5.74, 6) is 1.29. The van der Waals surface area contributed by atoms with E-state index in [0.717, 1.165) is 50.5 Å². The second-order valence-corrected chi connectivity index (χ2v) is 9.21. The SMILES string of the molecule is CN1CCN(CCCNC(=O)c2ccc(C3SCC(=O)N3Cc3ccco3)cc2)CC1. The fraction of sp³-hybridized carbons (Fsp3) is 0.478. The molecule has 2 fully saturated rings. The summed E-state index contributed by atoms with van der Waals surface area (Å²) in [6, 6.07) is 11.3. The first-order valence-corrected chi connectivity index (χ1v) is 11.9. The van der Waals surface area contributed by atoms with Gasteiger partial charge in [0.15, 0.2) is 0 Å². The molecule has 2 aromatic rings. The maximum atomic E-state index is 12.5. The van der Waals surface area contributed by atoms with Crippen molar-refractivity contribution in [2.75, 3.05) is 52.1 Å². The van der Waals surface area contributed by atoms with E-state index >= 15 is 0 Å². The average molecular weight is 443 g/mol. The van der Waals surface area contributed by atoms with E-state index in [0.29, 0.717) is 24.4 Å². The molecule has 0 radical (unpaired) electrons. The second kappa shape index (κ2) is 10.3. The molecule has 3 heterocycles. The van der Waals surface area contributed by atoms with Crippen molar-refractivity contribution < 1.29 is 14.0 Å². The van der Waals surface area contributed by atoms with Crippen LogP contribution in [0.15, 0.2) is 47.1 Å². The van der Waals surface area contributed by atoms with Crippen LogP contribution in [0.1, 0.15) is 33.5 Å². The number of likely N-dealkylation sites (N-methyl/N-ethyl adjacent to an activating group) is 1. The first-order valence-electron chi connectivity index (χ1n) is 10.8. The fourth-order valence-corrected chi connectivity index (χ4v) is 5.14. The molecule has 4 rings (SSSR count). The second-order valence-electron chi connectivity index (χ2n) is 8.14. The van der Waals surface area contributed by atoms with Crippen LogP contribution in [0.3, 0.4) is 0 Å². The van der Waals surface area contributed by atoms with Crippen molar-refractivity contribution in [3.05, 3.63) is 59.5 Å². The molecule has 0 spiro atoms. The molecule has 31 heavy (non-hydrogen) atoms. The van der Waals surface area contributed by atoms with Crippen molar-refractivity contribution in [3.63, 3.8) is 0 Å². The van der Waals surface area contributed by atoms with Gasteiger partial charge < -0.3 is 24.4 Å². The Morgan fingerprint density at radius 3 is 2.65 bits per heavy atom. The lowest BCUT2D eigenvalue weighted by Crippen LogP contribution is -2.45. The van der Waals surface area contributed by atoms with Crippen molar-refractivity contribution >= 4 is 23.6 Å². The first-order chi connectivity index (χ1) is 15.1. The van der Waals surface area contributed by atoms with Crippen molar-refractivity contribution in [3.8, 4) is 0 Å². The highest BCUT2D eigenvalue weighted by Crippen LogP contribution is 2.39. The number of carbonyl (C=O) groups excluding carboxylic acids is 2. The van der Waals surface area contributed by atoms with Crippen LogP contribution in [0.4, 0.5) is 0 Å². The summed E-state index contributed by atoms with van der Waals surface area (Å²) >= 11 is 1.60. The van der Waals surface area contributed by atoms with Crippen molar-refractivity contribution in [2.24, 2.45) is 0 Å². The Labute approximate surface area is 187 Å². The molecule has 166 valence electrons. The molecule has 1 aromatic heterocycles. The third-order valence-electron chi connectivity index (χ3n) is 5.86. The third-order valence-corrected chi connectivity index (χ3v) is 7.12. The van der Waals surface area contributed by atoms with Crippen LogP contribution in [0.5, 0.6) is 0 Å². The molecule has 1 unspecified atom stereocenters. The predicted molar refractivity (Wildman–Crippen MR) is 122 cm³/mol. The molecule has 2 saturated heterocycles. The minimum Gasteiger partial charge on any atom is -0.467 e. The Morgan fingerprint density at radius 2 is 1.94 bits per heavy atom. The molecule has 0 saturated carbocycles. The highest BCUT2D eigenvalue weighted by Gasteiger charge is 2.33. The van der Waals surface area contributed by atoms with Gasteiger partial charge >= 0.3 is 0 Å². The number of piperazine rings is 1. The van der Waals surface area contributed by atoms with Crippen LogP contribution in [0, 0.1) is 0 Å². The lowest BCUT2D eigenvalue weighted by Gasteiger charge is -2.32. The van der Waals surface area contributed by atoms with Crippen LogP contribution in [-0.4, -0.2) is 78.6 Å². The van der Waals surface area contributed by atoms with Crippen molar-refractivity contribution in [1.82, 2.24) is 20.0 Å². The van der Waals surface area contributed by atoms with Gasteiger partial charge in [-0.3, -0.25) is 9.59 Å².